The molecule has 0 bridgehead atoms. The SMILES string of the molecule is CC(C)C(CN)C(=O)N1CCCC1c1ccsc1. The van der Waals surface area contributed by atoms with Gasteiger partial charge in [-0.05, 0) is 41.1 Å². The fraction of sp³-hybridized carbons (Fsp3) is 0.643. The van der Waals surface area contributed by atoms with Crippen LogP contribution in [0.15, 0.2) is 16.8 Å². The smallest absolute Gasteiger partial charge is 0.227 e. The summed E-state index contributed by atoms with van der Waals surface area (Å²) >= 11 is 1.70. The third-order valence-corrected chi connectivity index (χ3v) is 4.54. The fourth-order valence-corrected chi connectivity index (χ4v) is 3.42. The molecule has 2 heterocycles. The lowest BCUT2D eigenvalue weighted by Crippen LogP contribution is -2.40. The molecule has 2 unspecified atom stereocenters. The van der Waals surface area contributed by atoms with Gasteiger partial charge in [0.05, 0.1) is 12.0 Å². The Balaban J connectivity index is 2.14. The van der Waals surface area contributed by atoms with E-state index in [-0.39, 0.29) is 17.9 Å². The van der Waals surface area contributed by atoms with Crippen LogP contribution >= 0.6 is 11.3 Å². The Labute approximate surface area is 113 Å². The molecule has 0 aliphatic carbocycles. The monoisotopic (exact) mass is 266 g/mol. The van der Waals surface area contributed by atoms with Crippen LogP contribution in [0.25, 0.3) is 0 Å². The van der Waals surface area contributed by atoms with E-state index >= 15 is 0 Å². The number of rotatable bonds is 4. The first-order valence-corrected chi connectivity index (χ1v) is 7.62. The maximum atomic E-state index is 12.6. The van der Waals surface area contributed by atoms with E-state index in [9.17, 15) is 4.79 Å². The summed E-state index contributed by atoms with van der Waals surface area (Å²) in [6.07, 6.45) is 2.18. The first-order chi connectivity index (χ1) is 8.65. The van der Waals surface area contributed by atoms with E-state index in [1.54, 1.807) is 11.3 Å². The van der Waals surface area contributed by atoms with Crippen LogP contribution in [0, 0.1) is 11.8 Å². The average Bonchev–Trinajstić information content (AvgIpc) is 3.00. The average molecular weight is 266 g/mol. The van der Waals surface area contributed by atoms with Crippen molar-refractivity contribution in [3.63, 3.8) is 0 Å². The summed E-state index contributed by atoms with van der Waals surface area (Å²) in [4.78, 5) is 14.6. The Morgan fingerprint density at radius 2 is 2.39 bits per heavy atom. The van der Waals surface area contributed by atoms with Crippen LogP contribution in [0.1, 0.15) is 38.3 Å². The molecule has 1 saturated heterocycles. The normalized spacial score (nSPS) is 21.6. The summed E-state index contributed by atoms with van der Waals surface area (Å²) in [7, 11) is 0. The second-order valence-corrected chi connectivity index (χ2v) is 6.11. The van der Waals surface area contributed by atoms with Gasteiger partial charge in [-0.25, -0.2) is 0 Å². The highest BCUT2D eigenvalue weighted by atomic mass is 32.1. The van der Waals surface area contributed by atoms with Crippen molar-refractivity contribution in [1.29, 1.82) is 0 Å². The van der Waals surface area contributed by atoms with Gasteiger partial charge in [0.25, 0.3) is 0 Å². The molecule has 4 heteroatoms. The summed E-state index contributed by atoms with van der Waals surface area (Å²) in [5.41, 5.74) is 7.04. The quantitative estimate of drug-likeness (QED) is 0.910. The van der Waals surface area contributed by atoms with E-state index in [2.05, 4.69) is 30.7 Å². The summed E-state index contributed by atoms with van der Waals surface area (Å²) in [6, 6.07) is 2.41. The number of carbonyl (C=O) groups is 1. The lowest BCUT2D eigenvalue weighted by atomic mass is 9.94. The fourth-order valence-electron chi connectivity index (χ4n) is 2.71. The molecule has 100 valence electrons. The molecule has 3 nitrogen and oxygen atoms in total. The van der Waals surface area contributed by atoms with E-state index in [1.807, 2.05) is 4.90 Å². The Bertz CT molecular complexity index is 389. The Hall–Kier alpha value is -0.870. The number of amides is 1. The molecule has 2 rings (SSSR count). The zero-order valence-electron chi connectivity index (χ0n) is 11.1. The number of hydrogen-bond acceptors (Lipinski definition) is 3. The first-order valence-electron chi connectivity index (χ1n) is 6.67. The Morgan fingerprint density at radius 3 is 2.94 bits per heavy atom. The highest BCUT2D eigenvalue weighted by molar-refractivity contribution is 7.07. The highest BCUT2D eigenvalue weighted by Gasteiger charge is 2.34. The first kappa shape index (κ1) is 13.6. The van der Waals surface area contributed by atoms with Crippen molar-refractivity contribution in [3.8, 4) is 0 Å². The minimum Gasteiger partial charge on any atom is -0.335 e. The summed E-state index contributed by atoms with van der Waals surface area (Å²) in [5.74, 6) is 0.511. The van der Waals surface area contributed by atoms with Gasteiger partial charge in [0.15, 0.2) is 0 Å². The van der Waals surface area contributed by atoms with Crippen LogP contribution in [0.4, 0.5) is 0 Å². The van der Waals surface area contributed by atoms with Crippen molar-refractivity contribution in [2.75, 3.05) is 13.1 Å². The van der Waals surface area contributed by atoms with Gasteiger partial charge in [0.1, 0.15) is 0 Å². The third kappa shape index (κ3) is 2.59. The number of hydrogen-bond donors (Lipinski definition) is 1. The predicted octanol–water partition coefficient (Wildman–Crippen LogP) is 2.64. The van der Waals surface area contributed by atoms with Crippen molar-refractivity contribution in [2.45, 2.75) is 32.7 Å². The van der Waals surface area contributed by atoms with Crippen LogP contribution in [-0.2, 0) is 4.79 Å². The van der Waals surface area contributed by atoms with Crippen molar-refractivity contribution >= 4 is 17.2 Å². The molecule has 1 aliphatic rings. The maximum absolute atomic E-state index is 12.6. The molecule has 1 amide bonds. The molecule has 0 saturated carbocycles. The van der Waals surface area contributed by atoms with Gasteiger partial charge in [0, 0.05) is 13.1 Å². The molecule has 2 N–H and O–H groups in total. The topological polar surface area (TPSA) is 46.3 Å². The van der Waals surface area contributed by atoms with Crippen LogP contribution in [0.2, 0.25) is 0 Å². The molecular formula is C14H22N2OS. The zero-order chi connectivity index (χ0) is 13.1. The van der Waals surface area contributed by atoms with Gasteiger partial charge >= 0.3 is 0 Å². The van der Waals surface area contributed by atoms with Crippen molar-refractivity contribution in [1.82, 2.24) is 4.90 Å². The molecule has 18 heavy (non-hydrogen) atoms. The van der Waals surface area contributed by atoms with E-state index in [0.29, 0.717) is 12.5 Å². The highest BCUT2D eigenvalue weighted by Crippen LogP contribution is 2.34. The van der Waals surface area contributed by atoms with Crippen LogP contribution in [-0.4, -0.2) is 23.9 Å². The molecule has 1 aliphatic heterocycles. The summed E-state index contributed by atoms with van der Waals surface area (Å²) in [6.45, 7) is 5.47. The van der Waals surface area contributed by atoms with Gasteiger partial charge < -0.3 is 10.6 Å². The molecule has 0 spiro atoms. The maximum Gasteiger partial charge on any atom is 0.227 e. The second-order valence-electron chi connectivity index (χ2n) is 5.33. The van der Waals surface area contributed by atoms with E-state index in [4.69, 9.17) is 5.73 Å². The number of thiophene rings is 1. The summed E-state index contributed by atoms with van der Waals surface area (Å²) in [5, 5.41) is 4.24. The molecular weight excluding hydrogens is 244 g/mol. The van der Waals surface area contributed by atoms with Crippen LogP contribution < -0.4 is 5.73 Å². The van der Waals surface area contributed by atoms with Gasteiger partial charge in [-0.2, -0.15) is 11.3 Å². The van der Waals surface area contributed by atoms with E-state index in [1.165, 1.54) is 5.56 Å². The van der Waals surface area contributed by atoms with Crippen LogP contribution in [0.5, 0.6) is 0 Å². The van der Waals surface area contributed by atoms with Crippen molar-refractivity contribution in [2.24, 2.45) is 17.6 Å². The number of nitrogens with zero attached hydrogens (tertiary/aromatic N) is 1. The predicted molar refractivity (Wildman–Crippen MR) is 75.4 cm³/mol. The van der Waals surface area contributed by atoms with E-state index in [0.717, 1.165) is 19.4 Å². The molecule has 1 aromatic heterocycles. The molecule has 0 aromatic carbocycles. The van der Waals surface area contributed by atoms with E-state index < -0.39 is 0 Å². The number of nitrogens with two attached hydrogens (primary N) is 1. The Morgan fingerprint density at radius 1 is 1.61 bits per heavy atom. The molecule has 1 aromatic rings. The number of carbonyl (C=O) groups excluding carboxylic acids is 1. The standard InChI is InChI=1S/C14H22N2OS/c1-10(2)12(8-15)14(17)16-6-3-4-13(16)11-5-7-18-9-11/h5,7,9-10,12-13H,3-4,6,8,15H2,1-2H3. The van der Waals surface area contributed by atoms with Gasteiger partial charge in [-0.1, -0.05) is 13.8 Å². The van der Waals surface area contributed by atoms with Gasteiger partial charge in [0.2, 0.25) is 5.91 Å². The summed E-state index contributed by atoms with van der Waals surface area (Å²) < 4.78 is 0. The lowest BCUT2D eigenvalue weighted by Gasteiger charge is -2.29. The largest absolute Gasteiger partial charge is 0.335 e. The number of likely N-dealkylation sites (tertiary alicyclic amines) is 1. The molecule has 1 fully saturated rings. The van der Waals surface area contributed by atoms with Crippen molar-refractivity contribution < 1.29 is 4.79 Å². The third-order valence-electron chi connectivity index (χ3n) is 3.84. The zero-order valence-corrected chi connectivity index (χ0v) is 12.0. The molecule has 0 radical (unpaired) electrons. The van der Waals surface area contributed by atoms with Gasteiger partial charge in [-0.3, -0.25) is 4.79 Å². The molecule has 2 atom stereocenters. The minimum atomic E-state index is -0.0377. The minimum absolute atomic E-state index is 0.0377. The lowest BCUT2D eigenvalue weighted by molar-refractivity contribution is -0.137. The Kier molecular flexibility index (Phi) is 4.40. The van der Waals surface area contributed by atoms with Crippen LogP contribution in [0.3, 0.4) is 0 Å². The second kappa shape index (κ2) is 5.85. The van der Waals surface area contributed by atoms with Crippen molar-refractivity contribution in [3.05, 3.63) is 22.4 Å². The van der Waals surface area contributed by atoms with Gasteiger partial charge in [-0.15, -0.1) is 0 Å².